The number of carboxylic acid groups (broad SMARTS) is 1. The first-order chi connectivity index (χ1) is 12.6. The Morgan fingerprint density at radius 2 is 2.12 bits per heavy atom. The monoisotopic (exact) mass is 360 g/mol. The van der Waals surface area contributed by atoms with E-state index in [-0.39, 0.29) is 17.4 Å². The van der Waals surface area contributed by atoms with Gasteiger partial charge in [0.05, 0.1) is 18.9 Å². The lowest BCUT2D eigenvalue weighted by atomic mass is 10.0. The summed E-state index contributed by atoms with van der Waals surface area (Å²) in [5, 5.41) is 16.0. The molecule has 138 valence electrons. The minimum absolute atomic E-state index is 0.0624. The molecule has 2 aromatic rings. The molecule has 9 nitrogen and oxygen atoms in total. The van der Waals surface area contributed by atoms with E-state index in [0.717, 1.165) is 26.1 Å². The smallest absolute Gasteiger partial charge is 0.342 e. The number of pyridine rings is 1. The molecule has 0 radical (unpaired) electrons. The fourth-order valence-corrected chi connectivity index (χ4v) is 2.78. The second-order valence-electron chi connectivity index (χ2n) is 5.96. The first-order valence-corrected chi connectivity index (χ1v) is 8.28. The number of carbonyl (C=O) groups is 2. The van der Waals surface area contributed by atoms with Gasteiger partial charge in [0.25, 0.3) is 5.91 Å². The quantitative estimate of drug-likeness (QED) is 0.793. The van der Waals surface area contributed by atoms with Crippen LogP contribution in [0.1, 0.15) is 33.6 Å². The molecule has 9 heteroatoms. The summed E-state index contributed by atoms with van der Waals surface area (Å²) in [5.74, 6) is -0.480. The maximum Gasteiger partial charge on any atom is 0.342 e. The van der Waals surface area contributed by atoms with Crippen molar-refractivity contribution < 1.29 is 24.2 Å². The molecular weight excluding hydrogens is 340 g/mol. The molecular formula is C17H20N4O5. The standard InChI is InChI=1S/C17H20N4O5/c1-25-16-13(17(23)24)10-20-21(16)14-3-2-12(9-18-14)15(22)19-8-11-4-6-26-7-5-11/h2-3,9-11H,4-8H2,1H3,(H,19,22)(H,23,24). The van der Waals surface area contributed by atoms with Crippen LogP contribution in [0.4, 0.5) is 0 Å². The third-order valence-corrected chi connectivity index (χ3v) is 4.27. The van der Waals surface area contributed by atoms with Gasteiger partial charge in [-0.2, -0.15) is 9.78 Å². The second kappa shape index (κ2) is 7.96. The number of methoxy groups -OCH3 is 1. The van der Waals surface area contributed by atoms with Gasteiger partial charge in [-0.1, -0.05) is 0 Å². The number of rotatable bonds is 6. The lowest BCUT2D eigenvalue weighted by Gasteiger charge is -2.22. The zero-order chi connectivity index (χ0) is 18.5. The summed E-state index contributed by atoms with van der Waals surface area (Å²) in [6.07, 6.45) is 4.51. The van der Waals surface area contributed by atoms with Crippen molar-refractivity contribution >= 4 is 11.9 Å². The van der Waals surface area contributed by atoms with Gasteiger partial charge in [0.2, 0.25) is 5.88 Å². The van der Waals surface area contributed by atoms with Crippen molar-refractivity contribution in [3.05, 3.63) is 35.7 Å². The number of amides is 1. The molecule has 1 saturated heterocycles. The van der Waals surface area contributed by atoms with Crippen LogP contribution in [-0.2, 0) is 4.74 Å². The first kappa shape index (κ1) is 17.9. The highest BCUT2D eigenvalue weighted by molar-refractivity contribution is 5.94. The first-order valence-electron chi connectivity index (χ1n) is 8.28. The Morgan fingerprint density at radius 3 is 2.73 bits per heavy atom. The Bertz CT molecular complexity index is 781. The van der Waals surface area contributed by atoms with E-state index in [1.807, 2.05) is 0 Å². The Balaban J connectivity index is 1.68. The van der Waals surface area contributed by atoms with Gasteiger partial charge in [0.1, 0.15) is 5.56 Å². The maximum atomic E-state index is 12.2. The highest BCUT2D eigenvalue weighted by atomic mass is 16.5. The third kappa shape index (κ3) is 3.83. The average molecular weight is 360 g/mol. The minimum atomic E-state index is -1.14. The summed E-state index contributed by atoms with van der Waals surface area (Å²) in [4.78, 5) is 27.6. The van der Waals surface area contributed by atoms with Gasteiger partial charge in [0.15, 0.2) is 5.82 Å². The number of nitrogens with zero attached hydrogens (tertiary/aromatic N) is 3. The van der Waals surface area contributed by atoms with Crippen molar-refractivity contribution in [2.24, 2.45) is 5.92 Å². The van der Waals surface area contributed by atoms with Crippen LogP contribution < -0.4 is 10.1 Å². The molecule has 1 aliphatic heterocycles. The van der Waals surface area contributed by atoms with Crippen molar-refractivity contribution in [3.8, 4) is 11.7 Å². The van der Waals surface area contributed by atoms with Gasteiger partial charge < -0.3 is 19.9 Å². The molecule has 0 aliphatic carbocycles. The molecule has 26 heavy (non-hydrogen) atoms. The Kier molecular flexibility index (Phi) is 5.47. The van der Waals surface area contributed by atoms with Gasteiger partial charge in [-0.25, -0.2) is 9.78 Å². The predicted molar refractivity (Wildman–Crippen MR) is 90.7 cm³/mol. The van der Waals surface area contributed by atoms with Crippen molar-refractivity contribution in [1.29, 1.82) is 0 Å². The highest BCUT2D eigenvalue weighted by Crippen LogP contribution is 2.21. The van der Waals surface area contributed by atoms with Crippen LogP contribution in [0.5, 0.6) is 5.88 Å². The third-order valence-electron chi connectivity index (χ3n) is 4.27. The van der Waals surface area contributed by atoms with E-state index < -0.39 is 5.97 Å². The van der Waals surface area contributed by atoms with Gasteiger partial charge in [-0.3, -0.25) is 4.79 Å². The van der Waals surface area contributed by atoms with Crippen LogP contribution in [0.15, 0.2) is 24.5 Å². The van der Waals surface area contributed by atoms with Crippen LogP contribution in [0, 0.1) is 5.92 Å². The average Bonchev–Trinajstić information content (AvgIpc) is 3.11. The number of nitrogens with one attached hydrogen (secondary N) is 1. The Morgan fingerprint density at radius 1 is 1.35 bits per heavy atom. The highest BCUT2D eigenvalue weighted by Gasteiger charge is 2.20. The molecule has 2 aromatic heterocycles. The van der Waals surface area contributed by atoms with E-state index in [4.69, 9.17) is 14.6 Å². The van der Waals surface area contributed by atoms with E-state index in [1.54, 1.807) is 12.1 Å². The number of aromatic nitrogens is 3. The summed E-state index contributed by atoms with van der Waals surface area (Å²) >= 11 is 0. The van der Waals surface area contributed by atoms with Gasteiger partial charge in [-0.05, 0) is 30.9 Å². The Hall–Kier alpha value is -2.94. The molecule has 1 aliphatic rings. The number of carbonyl (C=O) groups excluding carboxylic acids is 1. The molecule has 1 fully saturated rings. The summed E-state index contributed by atoms with van der Waals surface area (Å²) in [5.41, 5.74) is 0.359. The van der Waals surface area contributed by atoms with Crippen LogP contribution in [-0.4, -0.2) is 58.6 Å². The van der Waals surface area contributed by atoms with Crippen molar-refractivity contribution in [2.75, 3.05) is 26.9 Å². The van der Waals surface area contributed by atoms with E-state index in [1.165, 1.54) is 24.2 Å². The SMILES string of the molecule is COc1c(C(=O)O)cnn1-c1ccc(C(=O)NCC2CCOCC2)cn1. The fourth-order valence-electron chi connectivity index (χ4n) is 2.78. The number of hydrogen-bond donors (Lipinski definition) is 2. The molecule has 0 atom stereocenters. The van der Waals surface area contributed by atoms with E-state index in [0.29, 0.717) is 23.8 Å². The molecule has 0 bridgehead atoms. The van der Waals surface area contributed by atoms with Gasteiger partial charge in [0, 0.05) is 26.0 Å². The van der Waals surface area contributed by atoms with Crippen LogP contribution in [0.2, 0.25) is 0 Å². The molecule has 0 aromatic carbocycles. The zero-order valence-electron chi connectivity index (χ0n) is 14.3. The largest absolute Gasteiger partial charge is 0.480 e. The molecule has 3 heterocycles. The molecule has 0 saturated carbocycles. The zero-order valence-corrected chi connectivity index (χ0v) is 14.3. The van der Waals surface area contributed by atoms with Crippen LogP contribution in [0.25, 0.3) is 5.82 Å². The second-order valence-corrected chi connectivity index (χ2v) is 5.96. The van der Waals surface area contributed by atoms with Gasteiger partial charge >= 0.3 is 5.97 Å². The topological polar surface area (TPSA) is 116 Å². The molecule has 0 unspecified atom stereocenters. The maximum absolute atomic E-state index is 12.2. The fraction of sp³-hybridized carbons (Fsp3) is 0.412. The minimum Gasteiger partial charge on any atom is -0.480 e. The number of aromatic carboxylic acids is 1. The lowest BCUT2D eigenvalue weighted by Crippen LogP contribution is -2.32. The summed E-state index contributed by atoms with van der Waals surface area (Å²) < 4.78 is 11.7. The number of hydrogen-bond acceptors (Lipinski definition) is 6. The normalized spacial score (nSPS) is 14.8. The number of carboxylic acids is 1. The van der Waals surface area contributed by atoms with E-state index >= 15 is 0 Å². The van der Waals surface area contributed by atoms with Crippen molar-refractivity contribution in [3.63, 3.8) is 0 Å². The predicted octanol–water partition coefficient (Wildman–Crippen LogP) is 1.13. The molecule has 2 N–H and O–H groups in total. The molecule has 1 amide bonds. The van der Waals surface area contributed by atoms with Crippen LogP contribution >= 0.6 is 0 Å². The summed E-state index contributed by atoms with van der Waals surface area (Å²) in [6.45, 7) is 2.08. The summed E-state index contributed by atoms with van der Waals surface area (Å²) in [7, 11) is 1.36. The van der Waals surface area contributed by atoms with Gasteiger partial charge in [-0.15, -0.1) is 0 Å². The van der Waals surface area contributed by atoms with E-state index in [2.05, 4.69) is 15.4 Å². The molecule has 0 spiro atoms. The van der Waals surface area contributed by atoms with E-state index in [9.17, 15) is 9.59 Å². The lowest BCUT2D eigenvalue weighted by molar-refractivity contribution is 0.0642. The summed E-state index contributed by atoms with van der Waals surface area (Å²) in [6, 6.07) is 3.20. The Labute approximate surface area is 149 Å². The number of ether oxygens (including phenoxy) is 2. The van der Waals surface area contributed by atoms with Crippen molar-refractivity contribution in [1.82, 2.24) is 20.1 Å². The van der Waals surface area contributed by atoms with Crippen LogP contribution in [0.3, 0.4) is 0 Å². The molecule has 3 rings (SSSR count). The van der Waals surface area contributed by atoms with Crippen molar-refractivity contribution in [2.45, 2.75) is 12.8 Å².